The van der Waals surface area contributed by atoms with Crippen LogP contribution in [0, 0.1) is 0 Å². The van der Waals surface area contributed by atoms with Gasteiger partial charge >= 0.3 is 0 Å². The standard InChI is InChI=1S/C14H18ClNO3/c1-18-14(6-7-19-10-14)9-16-13(17)12-4-2-11(8-15)3-5-12/h2-5H,6-10H2,1H3,(H,16,17). The van der Waals surface area contributed by atoms with Gasteiger partial charge in [0.1, 0.15) is 5.60 Å². The molecule has 4 nitrogen and oxygen atoms in total. The van der Waals surface area contributed by atoms with Gasteiger partial charge in [0.15, 0.2) is 0 Å². The van der Waals surface area contributed by atoms with E-state index in [0.29, 0.717) is 31.2 Å². The van der Waals surface area contributed by atoms with E-state index in [-0.39, 0.29) is 11.5 Å². The number of halogens is 1. The molecule has 1 N–H and O–H groups in total. The lowest BCUT2D eigenvalue weighted by atomic mass is 10.0. The fourth-order valence-electron chi connectivity index (χ4n) is 2.05. The molecule has 1 saturated heterocycles. The van der Waals surface area contributed by atoms with Gasteiger partial charge in [0, 0.05) is 38.1 Å². The molecule has 2 rings (SSSR count). The number of alkyl halides is 1. The fraction of sp³-hybridized carbons (Fsp3) is 0.500. The first kappa shape index (κ1) is 14.3. The number of carbonyl (C=O) groups is 1. The van der Waals surface area contributed by atoms with E-state index in [1.807, 2.05) is 12.1 Å². The third-order valence-electron chi connectivity index (χ3n) is 3.44. The Morgan fingerprint density at radius 1 is 1.47 bits per heavy atom. The SMILES string of the molecule is COC1(CNC(=O)c2ccc(CCl)cc2)CCOC1. The molecule has 1 aromatic rings. The highest BCUT2D eigenvalue weighted by molar-refractivity contribution is 6.17. The maximum absolute atomic E-state index is 12.0. The Bertz CT molecular complexity index is 427. The van der Waals surface area contributed by atoms with Gasteiger partial charge < -0.3 is 14.8 Å². The van der Waals surface area contributed by atoms with Gasteiger partial charge in [-0.3, -0.25) is 4.79 Å². The van der Waals surface area contributed by atoms with Crippen molar-refractivity contribution in [3.8, 4) is 0 Å². The molecular formula is C14H18ClNO3. The van der Waals surface area contributed by atoms with Crippen LogP contribution >= 0.6 is 11.6 Å². The molecule has 1 aliphatic rings. The highest BCUT2D eigenvalue weighted by Crippen LogP contribution is 2.21. The summed E-state index contributed by atoms with van der Waals surface area (Å²) in [6.07, 6.45) is 0.801. The Hall–Kier alpha value is -1.10. The minimum atomic E-state index is -0.383. The molecule has 0 bridgehead atoms. The van der Waals surface area contributed by atoms with Crippen LogP contribution in [0.15, 0.2) is 24.3 Å². The van der Waals surface area contributed by atoms with E-state index in [1.165, 1.54) is 0 Å². The van der Waals surface area contributed by atoms with Crippen molar-refractivity contribution < 1.29 is 14.3 Å². The minimum absolute atomic E-state index is 0.107. The van der Waals surface area contributed by atoms with Crippen LogP contribution in [0.5, 0.6) is 0 Å². The first-order valence-electron chi connectivity index (χ1n) is 6.25. The van der Waals surface area contributed by atoms with Crippen LogP contribution < -0.4 is 5.32 Å². The molecule has 1 aromatic carbocycles. The van der Waals surface area contributed by atoms with Gasteiger partial charge in [-0.15, -0.1) is 11.6 Å². The molecule has 19 heavy (non-hydrogen) atoms. The van der Waals surface area contributed by atoms with E-state index in [4.69, 9.17) is 21.1 Å². The smallest absolute Gasteiger partial charge is 0.251 e. The van der Waals surface area contributed by atoms with Gasteiger partial charge in [0.2, 0.25) is 0 Å². The Morgan fingerprint density at radius 3 is 2.74 bits per heavy atom. The molecule has 1 atom stereocenters. The first-order valence-corrected chi connectivity index (χ1v) is 6.78. The van der Waals surface area contributed by atoms with Crippen molar-refractivity contribution in [2.24, 2.45) is 0 Å². The van der Waals surface area contributed by atoms with Crippen molar-refractivity contribution in [2.45, 2.75) is 17.9 Å². The molecule has 0 aromatic heterocycles. The van der Waals surface area contributed by atoms with Crippen molar-refractivity contribution in [1.29, 1.82) is 0 Å². The summed E-state index contributed by atoms with van der Waals surface area (Å²) in [5.41, 5.74) is 1.24. The summed E-state index contributed by atoms with van der Waals surface area (Å²) in [4.78, 5) is 12.0. The largest absolute Gasteiger partial charge is 0.378 e. The lowest BCUT2D eigenvalue weighted by molar-refractivity contribution is -0.0148. The van der Waals surface area contributed by atoms with Gasteiger partial charge in [-0.2, -0.15) is 0 Å². The molecule has 0 saturated carbocycles. The normalized spacial score (nSPS) is 22.4. The lowest BCUT2D eigenvalue weighted by Gasteiger charge is -2.25. The summed E-state index contributed by atoms with van der Waals surface area (Å²) in [6, 6.07) is 7.26. The number of hydrogen-bond donors (Lipinski definition) is 1. The monoisotopic (exact) mass is 283 g/mol. The van der Waals surface area contributed by atoms with Crippen molar-refractivity contribution >= 4 is 17.5 Å². The summed E-state index contributed by atoms with van der Waals surface area (Å²) in [5, 5.41) is 2.89. The summed E-state index contributed by atoms with van der Waals surface area (Å²) in [6.45, 7) is 1.66. The summed E-state index contributed by atoms with van der Waals surface area (Å²) in [7, 11) is 1.65. The Kier molecular flexibility index (Phi) is 4.80. The van der Waals surface area contributed by atoms with E-state index in [1.54, 1.807) is 19.2 Å². The van der Waals surface area contributed by atoms with Crippen molar-refractivity contribution in [3.05, 3.63) is 35.4 Å². The van der Waals surface area contributed by atoms with Crippen LogP contribution in [0.1, 0.15) is 22.3 Å². The van der Waals surface area contributed by atoms with Gasteiger partial charge in [0.25, 0.3) is 5.91 Å². The van der Waals surface area contributed by atoms with Gasteiger partial charge in [-0.25, -0.2) is 0 Å². The molecule has 1 amide bonds. The highest BCUT2D eigenvalue weighted by Gasteiger charge is 2.35. The number of carbonyl (C=O) groups excluding carboxylic acids is 1. The zero-order valence-electron chi connectivity index (χ0n) is 10.9. The molecule has 0 radical (unpaired) electrons. The molecule has 1 aliphatic heterocycles. The quantitative estimate of drug-likeness (QED) is 0.841. The van der Waals surface area contributed by atoms with Crippen molar-refractivity contribution in [2.75, 3.05) is 26.9 Å². The summed E-state index contributed by atoms with van der Waals surface area (Å²) < 4.78 is 10.8. The second-order valence-electron chi connectivity index (χ2n) is 4.70. The number of amides is 1. The Labute approximate surface area is 118 Å². The van der Waals surface area contributed by atoms with Crippen LogP contribution in [-0.4, -0.2) is 38.4 Å². The molecule has 104 valence electrons. The predicted molar refractivity (Wildman–Crippen MR) is 73.5 cm³/mol. The van der Waals surface area contributed by atoms with Gasteiger partial charge in [0.05, 0.1) is 6.61 Å². The number of ether oxygens (including phenoxy) is 2. The Morgan fingerprint density at radius 2 is 2.21 bits per heavy atom. The van der Waals surface area contributed by atoms with Gasteiger partial charge in [-0.1, -0.05) is 12.1 Å². The molecule has 1 heterocycles. The topological polar surface area (TPSA) is 47.6 Å². The highest BCUT2D eigenvalue weighted by atomic mass is 35.5. The van der Waals surface area contributed by atoms with E-state index >= 15 is 0 Å². The number of hydrogen-bond acceptors (Lipinski definition) is 3. The molecule has 1 fully saturated rings. The Balaban J connectivity index is 1.93. The molecular weight excluding hydrogens is 266 g/mol. The van der Waals surface area contributed by atoms with Crippen LogP contribution in [0.4, 0.5) is 0 Å². The summed E-state index contributed by atoms with van der Waals surface area (Å²) in [5.74, 6) is 0.343. The molecule has 0 aliphatic carbocycles. The zero-order chi connectivity index (χ0) is 13.7. The average Bonchev–Trinajstić information content (AvgIpc) is 2.94. The number of methoxy groups -OCH3 is 1. The number of rotatable bonds is 5. The van der Waals surface area contributed by atoms with Crippen LogP contribution in [0.25, 0.3) is 0 Å². The average molecular weight is 284 g/mol. The van der Waals surface area contributed by atoms with Crippen LogP contribution in [0.2, 0.25) is 0 Å². The fourth-order valence-corrected chi connectivity index (χ4v) is 2.23. The van der Waals surface area contributed by atoms with Crippen molar-refractivity contribution in [3.63, 3.8) is 0 Å². The van der Waals surface area contributed by atoms with Crippen molar-refractivity contribution in [1.82, 2.24) is 5.32 Å². The molecule has 0 spiro atoms. The third kappa shape index (κ3) is 3.47. The molecule has 5 heteroatoms. The van der Waals surface area contributed by atoms with Gasteiger partial charge in [-0.05, 0) is 17.7 Å². The third-order valence-corrected chi connectivity index (χ3v) is 3.75. The minimum Gasteiger partial charge on any atom is -0.378 e. The first-order chi connectivity index (χ1) is 9.19. The van der Waals surface area contributed by atoms with E-state index < -0.39 is 0 Å². The number of nitrogens with one attached hydrogen (secondary N) is 1. The number of benzene rings is 1. The lowest BCUT2D eigenvalue weighted by Crippen LogP contribution is -2.45. The van der Waals surface area contributed by atoms with Crippen LogP contribution in [0.3, 0.4) is 0 Å². The maximum atomic E-state index is 12.0. The van der Waals surface area contributed by atoms with E-state index in [2.05, 4.69) is 5.32 Å². The van der Waals surface area contributed by atoms with Crippen LogP contribution in [-0.2, 0) is 15.4 Å². The summed E-state index contributed by atoms with van der Waals surface area (Å²) >= 11 is 5.71. The molecule has 1 unspecified atom stereocenters. The van der Waals surface area contributed by atoms with E-state index in [9.17, 15) is 4.79 Å². The zero-order valence-corrected chi connectivity index (χ0v) is 11.7. The predicted octanol–water partition coefficient (Wildman–Crippen LogP) is 1.96. The second kappa shape index (κ2) is 6.37. The maximum Gasteiger partial charge on any atom is 0.251 e. The second-order valence-corrected chi connectivity index (χ2v) is 4.97. The van der Waals surface area contributed by atoms with E-state index in [0.717, 1.165) is 12.0 Å².